The summed E-state index contributed by atoms with van der Waals surface area (Å²) in [7, 11) is 0. The second-order valence-electron chi connectivity index (χ2n) is 3.92. The van der Waals surface area contributed by atoms with E-state index < -0.39 is 5.67 Å². The van der Waals surface area contributed by atoms with Crippen LogP contribution in [-0.2, 0) is 4.74 Å². The molecular weight excluding hydrogens is 195 g/mol. The molecule has 3 saturated carbocycles. The number of halogens is 1. The van der Waals surface area contributed by atoms with Crippen molar-refractivity contribution in [3.63, 3.8) is 0 Å². The van der Waals surface area contributed by atoms with Crippen LogP contribution in [0, 0.1) is 5.41 Å². The van der Waals surface area contributed by atoms with Gasteiger partial charge in [-0.05, 0) is 37.7 Å². The molecule has 2 bridgehead atoms. The number of ether oxygens (including phenoxy) is 1. The molecule has 0 amide bonds. The van der Waals surface area contributed by atoms with E-state index in [1.54, 1.807) is 0 Å². The van der Waals surface area contributed by atoms with Crippen molar-refractivity contribution < 1.29 is 9.13 Å². The molecule has 0 saturated heterocycles. The summed E-state index contributed by atoms with van der Waals surface area (Å²) in [6.07, 6.45) is 3.96. The molecule has 0 spiro atoms. The SMILES string of the molecule is CSC(=S)OCC12CC(F)(C1)C2. The summed E-state index contributed by atoms with van der Waals surface area (Å²) in [5.74, 6) is 0. The van der Waals surface area contributed by atoms with E-state index in [1.165, 1.54) is 11.8 Å². The third-order valence-corrected chi connectivity index (χ3v) is 3.81. The van der Waals surface area contributed by atoms with Crippen LogP contribution in [-0.4, -0.2) is 22.9 Å². The lowest BCUT2D eigenvalue weighted by atomic mass is 9.43. The van der Waals surface area contributed by atoms with Crippen molar-refractivity contribution in [2.24, 2.45) is 5.41 Å². The maximum atomic E-state index is 13.0. The Hall–Kier alpha value is 0.170. The fourth-order valence-electron chi connectivity index (χ4n) is 2.28. The van der Waals surface area contributed by atoms with E-state index in [0.29, 0.717) is 30.3 Å². The lowest BCUT2D eigenvalue weighted by Crippen LogP contribution is -2.66. The summed E-state index contributed by atoms with van der Waals surface area (Å²) in [5.41, 5.74) is -0.654. The predicted octanol–water partition coefficient (Wildman–Crippen LogP) is 2.54. The van der Waals surface area contributed by atoms with Gasteiger partial charge in [-0.1, -0.05) is 11.8 Å². The summed E-state index contributed by atoms with van der Waals surface area (Å²) in [6.45, 7) is 0.623. The molecule has 0 atom stereocenters. The molecule has 3 aliphatic rings. The van der Waals surface area contributed by atoms with Gasteiger partial charge in [0.1, 0.15) is 5.67 Å². The Balaban J connectivity index is 1.73. The van der Waals surface area contributed by atoms with Crippen LogP contribution >= 0.6 is 24.0 Å². The molecule has 1 nitrogen and oxygen atoms in total. The molecule has 0 aromatic heterocycles. The molecular formula is C8H11FOS2. The quantitative estimate of drug-likeness (QED) is 0.643. The summed E-state index contributed by atoms with van der Waals surface area (Å²) < 4.78 is 18.9. The first-order valence-electron chi connectivity index (χ1n) is 3.97. The molecule has 0 N–H and O–H groups in total. The molecule has 0 aliphatic heterocycles. The Kier molecular flexibility index (Phi) is 1.88. The summed E-state index contributed by atoms with van der Waals surface area (Å²) in [5, 5.41) is 0. The van der Waals surface area contributed by atoms with E-state index in [0.717, 1.165) is 0 Å². The molecule has 3 rings (SSSR count). The average Bonchev–Trinajstić information content (AvgIpc) is 1.93. The summed E-state index contributed by atoms with van der Waals surface area (Å²) in [6, 6.07) is 0. The second kappa shape index (κ2) is 2.58. The molecule has 3 aliphatic carbocycles. The minimum atomic E-state index is -0.815. The average molecular weight is 206 g/mol. The Morgan fingerprint density at radius 2 is 2.17 bits per heavy atom. The number of thioether (sulfide) groups is 1. The van der Waals surface area contributed by atoms with Crippen LogP contribution in [0.15, 0.2) is 0 Å². The van der Waals surface area contributed by atoms with Crippen LogP contribution in [0.3, 0.4) is 0 Å². The zero-order chi connectivity index (χ0) is 8.82. The van der Waals surface area contributed by atoms with Gasteiger partial charge in [0.25, 0.3) is 0 Å². The van der Waals surface area contributed by atoms with Crippen LogP contribution in [0.5, 0.6) is 0 Å². The minimum absolute atomic E-state index is 0.161. The number of hydrogen-bond acceptors (Lipinski definition) is 3. The van der Waals surface area contributed by atoms with Crippen LogP contribution in [0.1, 0.15) is 19.3 Å². The zero-order valence-corrected chi connectivity index (χ0v) is 8.56. The lowest BCUT2D eigenvalue weighted by Gasteiger charge is -2.65. The smallest absolute Gasteiger partial charge is 0.219 e. The number of alkyl halides is 1. The molecule has 3 fully saturated rings. The van der Waals surface area contributed by atoms with Gasteiger partial charge < -0.3 is 4.74 Å². The molecule has 68 valence electrons. The maximum Gasteiger partial charge on any atom is 0.219 e. The van der Waals surface area contributed by atoms with Gasteiger partial charge >= 0.3 is 0 Å². The Morgan fingerprint density at radius 1 is 1.58 bits per heavy atom. The minimum Gasteiger partial charge on any atom is -0.478 e. The number of rotatable bonds is 2. The highest BCUT2D eigenvalue weighted by Crippen LogP contribution is 2.69. The molecule has 0 aromatic rings. The van der Waals surface area contributed by atoms with Crippen LogP contribution in [0.25, 0.3) is 0 Å². The van der Waals surface area contributed by atoms with Gasteiger partial charge in [0.2, 0.25) is 4.38 Å². The van der Waals surface area contributed by atoms with Crippen LogP contribution in [0.4, 0.5) is 4.39 Å². The van der Waals surface area contributed by atoms with Crippen molar-refractivity contribution in [1.29, 1.82) is 0 Å². The molecule has 0 aromatic carbocycles. The number of thiocarbonyl (C=S) groups is 1. The van der Waals surface area contributed by atoms with Gasteiger partial charge in [0, 0.05) is 5.41 Å². The normalized spacial score (nSPS) is 42.8. The fraction of sp³-hybridized carbons (Fsp3) is 0.875. The second-order valence-corrected chi connectivity index (χ2v) is 5.33. The van der Waals surface area contributed by atoms with E-state index >= 15 is 0 Å². The summed E-state index contributed by atoms with van der Waals surface area (Å²) >= 11 is 6.32. The number of hydrogen-bond donors (Lipinski definition) is 0. The van der Waals surface area contributed by atoms with Gasteiger partial charge in [0.05, 0.1) is 6.61 Å². The zero-order valence-electron chi connectivity index (χ0n) is 6.93. The van der Waals surface area contributed by atoms with E-state index in [4.69, 9.17) is 17.0 Å². The highest BCUT2D eigenvalue weighted by Gasteiger charge is 2.69. The van der Waals surface area contributed by atoms with E-state index in [9.17, 15) is 4.39 Å². The molecule has 12 heavy (non-hydrogen) atoms. The van der Waals surface area contributed by atoms with Gasteiger partial charge in [0.15, 0.2) is 0 Å². The van der Waals surface area contributed by atoms with Crippen molar-refractivity contribution in [3.8, 4) is 0 Å². The van der Waals surface area contributed by atoms with Crippen LogP contribution < -0.4 is 0 Å². The first kappa shape index (κ1) is 8.75. The van der Waals surface area contributed by atoms with Gasteiger partial charge in [-0.25, -0.2) is 4.39 Å². The highest BCUT2D eigenvalue weighted by atomic mass is 32.2. The van der Waals surface area contributed by atoms with Gasteiger partial charge in [-0.15, -0.1) is 0 Å². The van der Waals surface area contributed by atoms with E-state index in [2.05, 4.69) is 0 Å². The van der Waals surface area contributed by atoms with Crippen molar-refractivity contribution >= 4 is 28.4 Å². The van der Waals surface area contributed by atoms with Crippen molar-refractivity contribution in [3.05, 3.63) is 0 Å². The summed E-state index contributed by atoms with van der Waals surface area (Å²) in [4.78, 5) is 0. The fourth-order valence-corrected chi connectivity index (χ4v) is 2.52. The topological polar surface area (TPSA) is 9.23 Å². The molecule has 4 heteroatoms. The Morgan fingerprint density at radius 3 is 2.58 bits per heavy atom. The van der Waals surface area contributed by atoms with Crippen molar-refractivity contribution in [1.82, 2.24) is 0 Å². The lowest BCUT2D eigenvalue weighted by molar-refractivity contribution is -0.227. The van der Waals surface area contributed by atoms with Crippen molar-refractivity contribution in [2.75, 3.05) is 12.9 Å². The van der Waals surface area contributed by atoms with E-state index in [1.807, 2.05) is 6.26 Å². The van der Waals surface area contributed by atoms with E-state index in [-0.39, 0.29) is 5.41 Å². The molecule has 0 unspecified atom stereocenters. The third kappa shape index (κ3) is 1.25. The standard InChI is InChI=1S/C8H11FOS2/c1-12-6(11)10-5-7-2-8(9,3-7)4-7/h2-5H2,1H3. The monoisotopic (exact) mass is 206 g/mol. The predicted molar refractivity (Wildman–Crippen MR) is 52.2 cm³/mol. The van der Waals surface area contributed by atoms with Crippen LogP contribution in [0.2, 0.25) is 0 Å². The molecule has 0 radical (unpaired) electrons. The molecule has 0 heterocycles. The maximum absolute atomic E-state index is 13.0. The Labute approximate surface area is 81.0 Å². The largest absolute Gasteiger partial charge is 0.478 e. The van der Waals surface area contributed by atoms with Gasteiger partial charge in [-0.2, -0.15) is 0 Å². The first-order valence-corrected chi connectivity index (χ1v) is 5.61. The third-order valence-electron chi connectivity index (χ3n) is 2.74. The first-order chi connectivity index (χ1) is 5.58. The highest BCUT2D eigenvalue weighted by molar-refractivity contribution is 8.22. The van der Waals surface area contributed by atoms with Gasteiger partial charge in [-0.3, -0.25) is 0 Å². The Bertz CT molecular complexity index is 209. The van der Waals surface area contributed by atoms with Crippen molar-refractivity contribution in [2.45, 2.75) is 24.9 Å².